The van der Waals surface area contributed by atoms with Gasteiger partial charge in [0.2, 0.25) is 0 Å². The smallest absolute Gasteiger partial charge is 0.162 e. The van der Waals surface area contributed by atoms with Gasteiger partial charge in [-0.25, -0.2) is 19.3 Å². The van der Waals surface area contributed by atoms with E-state index in [9.17, 15) is 14.6 Å². The number of rotatable bonds is 3. The summed E-state index contributed by atoms with van der Waals surface area (Å²) in [5.74, 6) is -0.263. The Hall–Kier alpha value is -4.86. The van der Waals surface area contributed by atoms with E-state index in [1.54, 1.807) is 30.6 Å². The molecule has 0 unspecified atom stereocenters. The molecular formula is C23H14FN7O2. The fourth-order valence-corrected chi connectivity index (χ4v) is 3.78. The third kappa shape index (κ3) is 3.21. The third-order valence-electron chi connectivity index (χ3n) is 5.23. The predicted molar refractivity (Wildman–Crippen MR) is 119 cm³/mol. The monoisotopic (exact) mass is 439 g/mol. The van der Waals surface area contributed by atoms with Crippen molar-refractivity contribution in [1.82, 2.24) is 35.1 Å². The molecule has 10 heteroatoms. The van der Waals surface area contributed by atoms with Crippen LogP contribution in [0.2, 0.25) is 0 Å². The predicted octanol–water partition coefficient (Wildman–Crippen LogP) is 4.18. The van der Waals surface area contributed by atoms with Gasteiger partial charge >= 0.3 is 0 Å². The number of H-pyrrole nitrogens is 2. The van der Waals surface area contributed by atoms with Gasteiger partial charge in [0, 0.05) is 29.6 Å². The van der Waals surface area contributed by atoms with Crippen LogP contribution in [0.5, 0.6) is 11.5 Å². The van der Waals surface area contributed by atoms with Crippen LogP contribution in [-0.4, -0.2) is 45.3 Å². The zero-order valence-electron chi connectivity index (χ0n) is 16.8. The van der Waals surface area contributed by atoms with Crippen molar-refractivity contribution in [3.8, 4) is 45.4 Å². The van der Waals surface area contributed by atoms with E-state index in [1.807, 2.05) is 6.07 Å². The van der Waals surface area contributed by atoms with Gasteiger partial charge in [-0.05, 0) is 42.0 Å². The topological polar surface area (TPSA) is 136 Å². The van der Waals surface area contributed by atoms with E-state index >= 15 is 0 Å². The normalized spacial score (nSPS) is 11.4. The van der Waals surface area contributed by atoms with Crippen LogP contribution in [0.1, 0.15) is 0 Å². The minimum Gasteiger partial charge on any atom is -0.508 e. The van der Waals surface area contributed by atoms with Crippen molar-refractivity contribution in [3.05, 3.63) is 66.9 Å². The summed E-state index contributed by atoms with van der Waals surface area (Å²) in [6, 6.07) is 10.7. The van der Waals surface area contributed by atoms with Gasteiger partial charge in [-0.2, -0.15) is 5.10 Å². The molecule has 33 heavy (non-hydrogen) atoms. The Labute approximate surface area is 184 Å². The number of fused-ring (bicyclic) bond motifs is 2. The number of nitrogens with zero attached hydrogens (tertiary/aromatic N) is 5. The Balaban J connectivity index is 1.51. The second-order valence-electron chi connectivity index (χ2n) is 7.44. The molecule has 4 N–H and O–H groups in total. The standard InChI is InChI=1S/C23H14FN7O2/c24-13-5-11(6-14(32)8-13)16-3-4-26-22-19(16)28-23(29-22)21-20-18(30-31-21)2-1-17(27-20)12-7-15(33)10-25-9-12/h1-10,32-33H,(H,30,31)(H,26,28,29). The molecule has 0 aliphatic rings. The maximum absolute atomic E-state index is 13.9. The quantitative estimate of drug-likeness (QED) is 0.325. The number of imidazole rings is 1. The number of phenolic OH excluding ortho intramolecular Hbond substituents is 1. The zero-order valence-corrected chi connectivity index (χ0v) is 16.8. The number of hydrogen-bond acceptors (Lipinski definition) is 7. The van der Waals surface area contributed by atoms with Gasteiger partial charge in [-0.1, -0.05) is 0 Å². The Kier molecular flexibility index (Phi) is 4.06. The Bertz CT molecular complexity index is 1650. The molecule has 0 aliphatic heterocycles. The second kappa shape index (κ2) is 7.09. The van der Waals surface area contributed by atoms with Crippen molar-refractivity contribution in [3.63, 3.8) is 0 Å². The number of benzene rings is 1. The zero-order chi connectivity index (χ0) is 22.5. The molecule has 160 valence electrons. The lowest BCUT2D eigenvalue weighted by Gasteiger charge is -2.03. The lowest BCUT2D eigenvalue weighted by atomic mass is 10.1. The van der Waals surface area contributed by atoms with Crippen LogP contribution < -0.4 is 0 Å². The highest BCUT2D eigenvalue weighted by atomic mass is 19.1. The van der Waals surface area contributed by atoms with E-state index in [0.717, 1.165) is 6.07 Å². The van der Waals surface area contributed by atoms with Crippen molar-refractivity contribution in [2.75, 3.05) is 0 Å². The summed E-state index contributed by atoms with van der Waals surface area (Å²) in [5.41, 5.74) is 5.08. The number of phenols is 1. The lowest BCUT2D eigenvalue weighted by Crippen LogP contribution is -1.88. The summed E-state index contributed by atoms with van der Waals surface area (Å²) in [4.78, 5) is 20.8. The van der Waals surface area contributed by atoms with Crippen molar-refractivity contribution in [2.45, 2.75) is 0 Å². The summed E-state index contributed by atoms with van der Waals surface area (Å²) in [7, 11) is 0. The molecule has 0 radical (unpaired) electrons. The number of aromatic nitrogens is 7. The van der Waals surface area contributed by atoms with Crippen molar-refractivity contribution < 1.29 is 14.6 Å². The van der Waals surface area contributed by atoms with Gasteiger partial charge in [0.25, 0.3) is 0 Å². The van der Waals surface area contributed by atoms with Crippen molar-refractivity contribution >= 4 is 22.2 Å². The van der Waals surface area contributed by atoms with Crippen LogP contribution in [0.4, 0.5) is 4.39 Å². The molecule has 0 bridgehead atoms. The van der Waals surface area contributed by atoms with Gasteiger partial charge in [0.05, 0.1) is 17.4 Å². The van der Waals surface area contributed by atoms with Crippen LogP contribution >= 0.6 is 0 Å². The van der Waals surface area contributed by atoms with Crippen LogP contribution in [0, 0.1) is 5.82 Å². The minimum atomic E-state index is -0.554. The van der Waals surface area contributed by atoms with Crippen LogP contribution in [0.3, 0.4) is 0 Å². The fraction of sp³-hybridized carbons (Fsp3) is 0. The van der Waals surface area contributed by atoms with E-state index in [2.05, 4.69) is 35.1 Å². The molecule has 0 amide bonds. The van der Waals surface area contributed by atoms with E-state index in [-0.39, 0.29) is 11.5 Å². The molecule has 0 saturated heterocycles. The first-order valence-electron chi connectivity index (χ1n) is 9.90. The number of pyridine rings is 3. The fourth-order valence-electron chi connectivity index (χ4n) is 3.78. The Morgan fingerprint density at radius 2 is 1.73 bits per heavy atom. The first kappa shape index (κ1) is 18.9. The summed E-state index contributed by atoms with van der Waals surface area (Å²) in [6.45, 7) is 0. The van der Waals surface area contributed by atoms with Gasteiger partial charge in [0.1, 0.15) is 28.3 Å². The van der Waals surface area contributed by atoms with Crippen molar-refractivity contribution in [2.24, 2.45) is 0 Å². The molecule has 5 aromatic heterocycles. The lowest BCUT2D eigenvalue weighted by molar-refractivity contribution is 0.469. The molecule has 1 aromatic carbocycles. The number of nitrogens with one attached hydrogen (secondary N) is 2. The molecule has 0 spiro atoms. The van der Waals surface area contributed by atoms with E-state index < -0.39 is 5.82 Å². The number of aromatic amines is 2. The van der Waals surface area contributed by atoms with Gasteiger partial charge in [-0.15, -0.1) is 0 Å². The van der Waals surface area contributed by atoms with Gasteiger partial charge in [0.15, 0.2) is 17.2 Å². The average Bonchev–Trinajstić information content (AvgIpc) is 3.41. The van der Waals surface area contributed by atoms with Crippen molar-refractivity contribution in [1.29, 1.82) is 0 Å². The molecule has 9 nitrogen and oxygen atoms in total. The van der Waals surface area contributed by atoms with E-state index in [1.165, 1.54) is 18.3 Å². The first-order chi connectivity index (χ1) is 16.0. The molecule has 0 fully saturated rings. The maximum atomic E-state index is 13.9. The summed E-state index contributed by atoms with van der Waals surface area (Å²) < 4.78 is 13.9. The second-order valence-corrected chi connectivity index (χ2v) is 7.44. The molecule has 6 aromatic rings. The SMILES string of the molecule is Oc1cncc(-c2ccc3[nH]nc(-c4nc5c(-c6cc(O)cc(F)c6)ccnc5[nH]4)c3n2)c1. The van der Waals surface area contributed by atoms with E-state index in [0.29, 0.717) is 56.1 Å². The number of hydrogen-bond donors (Lipinski definition) is 4. The van der Waals surface area contributed by atoms with Gasteiger partial charge < -0.3 is 15.2 Å². The van der Waals surface area contributed by atoms with Gasteiger partial charge in [-0.3, -0.25) is 10.1 Å². The molecule has 0 atom stereocenters. The largest absolute Gasteiger partial charge is 0.508 e. The van der Waals surface area contributed by atoms with Crippen LogP contribution in [-0.2, 0) is 0 Å². The number of aromatic hydroxyl groups is 2. The summed E-state index contributed by atoms with van der Waals surface area (Å²) in [6.07, 6.45) is 4.54. The summed E-state index contributed by atoms with van der Waals surface area (Å²) >= 11 is 0. The average molecular weight is 439 g/mol. The Morgan fingerprint density at radius 3 is 2.58 bits per heavy atom. The van der Waals surface area contributed by atoms with Crippen LogP contribution in [0.15, 0.2) is 61.1 Å². The molecule has 6 rings (SSSR count). The minimum absolute atomic E-state index is 0.0427. The Morgan fingerprint density at radius 1 is 0.848 bits per heavy atom. The number of halogens is 1. The summed E-state index contributed by atoms with van der Waals surface area (Å²) in [5, 5.41) is 26.9. The van der Waals surface area contributed by atoms with Crippen LogP contribution in [0.25, 0.3) is 56.1 Å². The maximum Gasteiger partial charge on any atom is 0.162 e. The molecule has 0 aliphatic carbocycles. The molecular weight excluding hydrogens is 425 g/mol. The molecule has 0 saturated carbocycles. The third-order valence-corrected chi connectivity index (χ3v) is 5.23. The highest BCUT2D eigenvalue weighted by Crippen LogP contribution is 2.32. The van der Waals surface area contributed by atoms with E-state index in [4.69, 9.17) is 0 Å². The highest BCUT2D eigenvalue weighted by molar-refractivity contribution is 5.95. The molecule has 5 heterocycles. The highest BCUT2D eigenvalue weighted by Gasteiger charge is 2.18. The first-order valence-corrected chi connectivity index (χ1v) is 9.90.